The third-order valence-corrected chi connectivity index (χ3v) is 7.85. The van der Waals surface area contributed by atoms with Crippen LogP contribution < -0.4 is 4.74 Å². The minimum Gasteiger partial charge on any atom is -0.491 e. The van der Waals surface area contributed by atoms with Crippen molar-refractivity contribution in [2.75, 3.05) is 19.8 Å². The van der Waals surface area contributed by atoms with E-state index in [1.165, 1.54) is 53.5 Å². The first-order valence-corrected chi connectivity index (χ1v) is 14.3. The molecule has 0 heterocycles. The largest absolute Gasteiger partial charge is 0.491 e. The molecule has 0 radical (unpaired) electrons. The van der Waals surface area contributed by atoms with Gasteiger partial charge in [0.05, 0.1) is 13.2 Å². The van der Waals surface area contributed by atoms with Crippen LogP contribution in [-0.4, -0.2) is 30.9 Å². The predicted molar refractivity (Wildman–Crippen MR) is 159 cm³/mol. The van der Waals surface area contributed by atoms with Gasteiger partial charge >= 0.3 is 5.97 Å². The van der Waals surface area contributed by atoms with E-state index >= 15 is 0 Å². The number of esters is 1. The number of aliphatic hydroxyl groups excluding tert-OH is 1. The second-order valence-corrected chi connectivity index (χ2v) is 11.0. The quantitative estimate of drug-likeness (QED) is 0.156. The summed E-state index contributed by atoms with van der Waals surface area (Å²) in [6.07, 6.45) is 6.66. The number of aliphatic hydroxyl groups is 1. The molecule has 4 rings (SSSR count). The van der Waals surface area contributed by atoms with E-state index < -0.39 is 0 Å². The van der Waals surface area contributed by atoms with Crippen LogP contribution in [0.1, 0.15) is 68.6 Å². The average Bonchev–Trinajstić information content (AvgIpc) is 2.95. The van der Waals surface area contributed by atoms with Gasteiger partial charge in [-0.2, -0.15) is 0 Å². The molecule has 1 fully saturated rings. The molecule has 0 bridgehead atoms. The molecule has 0 aromatic heterocycles. The Labute approximate surface area is 233 Å². The van der Waals surface area contributed by atoms with E-state index in [-0.39, 0.29) is 19.2 Å². The molecular formula is C35H42O4. The van der Waals surface area contributed by atoms with Crippen LogP contribution in [0.25, 0.3) is 22.3 Å². The minimum atomic E-state index is -0.366. The molecule has 0 atom stereocenters. The van der Waals surface area contributed by atoms with Crippen molar-refractivity contribution in [3.05, 3.63) is 89.5 Å². The highest BCUT2D eigenvalue weighted by Gasteiger charge is 2.19. The third kappa shape index (κ3) is 7.60. The average molecular weight is 527 g/mol. The van der Waals surface area contributed by atoms with Gasteiger partial charge in [0.2, 0.25) is 0 Å². The van der Waals surface area contributed by atoms with Gasteiger partial charge in [-0.1, -0.05) is 74.9 Å². The zero-order valence-corrected chi connectivity index (χ0v) is 23.7. The first-order valence-electron chi connectivity index (χ1n) is 14.3. The van der Waals surface area contributed by atoms with Crippen LogP contribution in [0, 0.1) is 12.8 Å². The number of ether oxygens (including phenoxy) is 2. The first-order chi connectivity index (χ1) is 18.9. The maximum absolute atomic E-state index is 11.7. The molecule has 0 aliphatic heterocycles. The molecule has 4 heteroatoms. The third-order valence-electron chi connectivity index (χ3n) is 7.85. The summed E-state index contributed by atoms with van der Waals surface area (Å²) in [6, 6.07) is 22.0. The molecule has 39 heavy (non-hydrogen) atoms. The fraction of sp³-hybridized carbons (Fsp3) is 0.400. The van der Waals surface area contributed by atoms with E-state index in [4.69, 9.17) is 9.47 Å². The van der Waals surface area contributed by atoms with E-state index in [1.807, 2.05) is 6.07 Å². The van der Waals surface area contributed by atoms with Crippen molar-refractivity contribution in [1.82, 2.24) is 0 Å². The van der Waals surface area contributed by atoms with Gasteiger partial charge < -0.3 is 14.6 Å². The summed E-state index contributed by atoms with van der Waals surface area (Å²) in [5.74, 6) is 1.96. The number of carbonyl (C=O) groups excluding carboxylic acids is 1. The minimum absolute atomic E-state index is 0.0428. The molecular weight excluding hydrogens is 484 g/mol. The Morgan fingerprint density at radius 1 is 0.923 bits per heavy atom. The van der Waals surface area contributed by atoms with Crippen LogP contribution in [0.4, 0.5) is 0 Å². The highest BCUT2D eigenvalue weighted by molar-refractivity contribution is 5.86. The number of aryl methyl sites for hydroxylation is 2. The van der Waals surface area contributed by atoms with Gasteiger partial charge in [0, 0.05) is 5.57 Å². The maximum atomic E-state index is 11.7. The number of carbonyl (C=O) groups is 1. The predicted octanol–water partition coefficient (Wildman–Crippen LogP) is 8.05. The van der Waals surface area contributed by atoms with Gasteiger partial charge in [-0.05, 0) is 102 Å². The van der Waals surface area contributed by atoms with Crippen molar-refractivity contribution in [1.29, 1.82) is 0 Å². The molecule has 0 unspecified atom stereocenters. The SMILES string of the molecule is C=C(C)C(=O)OCCCc1cc(-c2ccc(-c3ccc(C4CCC(C)CC4)cc3)cc2C)ccc1OCCO. The molecule has 1 N–H and O–H groups in total. The van der Waals surface area contributed by atoms with Gasteiger partial charge in [-0.3, -0.25) is 0 Å². The van der Waals surface area contributed by atoms with Crippen LogP contribution in [0.5, 0.6) is 5.75 Å². The van der Waals surface area contributed by atoms with Gasteiger partial charge in [0.1, 0.15) is 12.4 Å². The number of benzene rings is 3. The summed E-state index contributed by atoms with van der Waals surface area (Å²) < 4.78 is 11.0. The van der Waals surface area contributed by atoms with Crippen LogP contribution in [0.15, 0.2) is 72.8 Å². The van der Waals surface area contributed by atoms with Crippen LogP contribution in [0.2, 0.25) is 0 Å². The lowest BCUT2D eigenvalue weighted by Gasteiger charge is -2.26. The fourth-order valence-electron chi connectivity index (χ4n) is 5.50. The lowest BCUT2D eigenvalue weighted by molar-refractivity contribution is -0.139. The van der Waals surface area contributed by atoms with Crippen molar-refractivity contribution >= 4 is 5.97 Å². The van der Waals surface area contributed by atoms with Crippen LogP contribution in [-0.2, 0) is 16.0 Å². The van der Waals surface area contributed by atoms with Crippen molar-refractivity contribution < 1.29 is 19.4 Å². The number of hydrogen-bond acceptors (Lipinski definition) is 4. The Hall–Kier alpha value is -3.37. The molecule has 206 valence electrons. The van der Waals surface area contributed by atoms with Crippen molar-refractivity contribution in [3.63, 3.8) is 0 Å². The molecule has 3 aromatic carbocycles. The van der Waals surface area contributed by atoms with Crippen molar-refractivity contribution in [2.24, 2.45) is 5.92 Å². The van der Waals surface area contributed by atoms with Gasteiger partial charge in [0.25, 0.3) is 0 Å². The summed E-state index contributed by atoms with van der Waals surface area (Å²) in [5.41, 5.74) is 8.88. The standard InChI is InChI=1S/C35H42O4/c1-24(2)35(37)39-20-5-6-32-23-31(16-18-34(32)38-21-19-36)33-17-15-30(22-26(33)4)29-13-11-28(12-14-29)27-9-7-25(3)8-10-27/h11-18,22-23,25,27,36H,1,5-10,19-21H2,2-4H3. The van der Waals surface area contributed by atoms with Gasteiger partial charge in [-0.15, -0.1) is 0 Å². The summed E-state index contributed by atoms with van der Waals surface area (Å²) >= 11 is 0. The zero-order chi connectivity index (χ0) is 27.8. The lowest BCUT2D eigenvalue weighted by Crippen LogP contribution is -2.10. The molecule has 0 amide bonds. The highest BCUT2D eigenvalue weighted by Crippen LogP contribution is 2.37. The van der Waals surface area contributed by atoms with E-state index in [2.05, 4.69) is 75.0 Å². The van der Waals surface area contributed by atoms with Crippen LogP contribution in [0.3, 0.4) is 0 Å². The van der Waals surface area contributed by atoms with Crippen LogP contribution >= 0.6 is 0 Å². The smallest absolute Gasteiger partial charge is 0.333 e. The topological polar surface area (TPSA) is 55.8 Å². The molecule has 1 aliphatic rings. The normalized spacial score (nSPS) is 17.0. The summed E-state index contributed by atoms with van der Waals surface area (Å²) in [6.45, 7) is 10.3. The van der Waals surface area contributed by atoms with E-state index in [9.17, 15) is 9.90 Å². The van der Waals surface area contributed by atoms with Crippen molar-refractivity contribution in [2.45, 2.75) is 65.2 Å². The van der Waals surface area contributed by atoms with E-state index in [1.54, 1.807) is 6.92 Å². The molecule has 0 spiro atoms. The monoisotopic (exact) mass is 526 g/mol. The summed E-state index contributed by atoms with van der Waals surface area (Å²) in [5, 5.41) is 9.23. The Kier molecular flexibility index (Phi) is 10.00. The first kappa shape index (κ1) is 28.6. The molecule has 1 saturated carbocycles. The second-order valence-electron chi connectivity index (χ2n) is 11.0. The van der Waals surface area contributed by atoms with Crippen molar-refractivity contribution in [3.8, 4) is 28.0 Å². The maximum Gasteiger partial charge on any atom is 0.333 e. The second kappa shape index (κ2) is 13.6. The Morgan fingerprint density at radius 3 is 2.28 bits per heavy atom. The Bertz CT molecular complexity index is 1270. The number of rotatable bonds is 11. The summed E-state index contributed by atoms with van der Waals surface area (Å²) in [7, 11) is 0. The molecule has 4 nitrogen and oxygen atoms in total. The molecule has 1 aliphatic carbocycles. The van der Waals surface area contributed by atoms with Gasteiger partial charge in [0.15, 0.2) is 0 Å². The fourth-order valence-corrected chi connectivity index (χ4v) is 5.50. The number of hydrogen-bond donors (Lipinski definition) is 1. The lowest BCUT2D eigenvalue weighted by atomic mass is 9.79. The zero-order valence-electron chi connectivity index (χ0n) is 23.7. The Balaban J connectivity index is 1.49. The van der Waals surface area contributed by atoms with Gasteiger partial charge in [-0.25, -0.2) is 4.79 Å². The molecule has 0 saturated heterocycles. The highest BCUT2D eigenvalue weighted by atomic mass is 16.5. The summed E-state index contributed by atoms with van der Waals surface area (Å²) in [4.78, 5) is 11.7. The molecule has 3 aromatic rings. The van der Waals surface area contributed by atoms with E-state index in [0.717, 1.165) is 22.8 Å². The van der Waals surface area contributed by atoms with E-state index in [0.29, 0.717) is 30.9 Å². The Morgan fingerprint density at radius 2 is 1.62 bits per heavy atom.